The minimum atomic E-state index is -0.305. The fourth-order valence-corrected chi connectivity index (χ4v) is 1.40. The second-order valence-electron chi connectivity index (χ2n) is 3.63. The molecule has 0 saturated heterocycles. The molecule has 0 N–H and O–H groups in total. The zero-order valence-electron chi connectivity index (χ0n) is 10.3. The van der Waals surface area contributed by atoms with Crippen molar-refractivity contribution < 1.29 is 9.53 Å². The minimum Gasteiger partial charge on any atom is -0.463 e. The van der Waals surface area contributed by atoms with E-state index in [4.69, 9.17) is 4.74 Å². The van der Waals surface area contributed by atoms with E-state index in [2.05, 4.69) is 5.10 Å². The summed E-state index contributed by atoms with van der Waals surface area (Å²) >= 11 is 0. The van der Waals surface area contributed by atoms with Gasteiger partial charge in [0.05, 0.1) is 18.8 Å². The first-order valence-corrected chi connectivity index (χ1v) is 5.40. The molecule has 0 fully saturated rings. The van der Waals surface area contributed by atoms with E-state index in [1.54, 1.807) is 13.0 Å². The Morgan fingerprint density at radius 2 is 2.12 bits per heavy atom. The Hall–Kier alpha value is -1.58. The van der Waals surface area contributed by atoms with Crippen LogP contribution in [0, 0.1) is 20.8 Å². The highest BCUT2D eigenvalue weighted by Crippen LogP contribution is 2.10. The summed E-state index contributed by atoms with van der Waals surface area (Å²) in [6.07, 6.45) is 3.20. The maximum absolute atomic E-state index is 11.1. The third-order valence-electron chi connectivity index (χ3n) is 2.56. The van der Waals surface area contributed by atoms with E-state index in [1.807, 2.05) is 25.5 Å². The van der Waals surface area contributed by atoms with E-state index in [-0.39, 0.29) is 5.97 Å². The molecule has 0 aliphatic carbocycles. The van der Waals surface area contributed by atoms with Crippen molar-refractivity contribution in [2.45, 2.75) is 34.2 Å². The van der Waals surface area contributed by atoms with Crippen LogP contribution < -0.4 is 0 Å². The van der Waals surface area contributed by atoms with Gasteiger partial charge in [0, 0.05) is 11.8 Å². The summed E-state index contributed by atoms with van der Waals surface area (Å²) in [6, 6.07) is 0. The molecule has 0 spiro atoms. The third kappa shape index (κ3) is 2.95. The Morgan fingerprint density at radius 1 is 1.44 bits per heavy atom. The van der Waals surface area contributed by atoms with Gasteiger partial charge in [-0.1, -0.05) is 6.08 Å². The molecule has 0 aliphatic heterocycles. The molecule has 1 aromatic heterocycles. The van der Waals surface area contributed by atoms with Crippen LogP contribution in [0.3, 0.4) is 0 Å². The third-order valence-corrected chi connectivity index (χ3v) is 2.56. The van der Waals surface area contributed by atoms with Crippen LogP contribution in [0.5, 0.6) is 0 Å². The maximum Gasteiger partial charge on any atom is 0.330 e. The molecule has 0 bridgehead atoms. The first-order chi connectivity index (χ1) is 7.56. The molecule has 0 saturated carbocycles. The predicted molar refractivity (Wildman–Crippen MR) is 62.2 cm³/mol. The SMILES string of the molecule is CCOC(=O)/C=C/Cn1nc(C)c(C)c1C. The normalized spacial score (nSPS) is 11.0. The Bertz CT molecular complexity index is 405. The number of rotatable bonds is 4. The summed E-state index contributed by atoms with van der Waals surface area (Å²) < 4.78 is 6.66. The van der Waals surface area contributed by atoms with E-state index in [1.165, 1.54) is 11.6 Å². The molecule has 1 rings (SSSR count). The van der Waals surface area contributed by atoms with E-state index in [0.29, 0.717) is 13.2 Å². The zero-order chi connectivity index (χ0) is 12.1. The predicted octanol–water partition coefficient (Wildman–Crippen LogP) is 1.93. The summed E-state index contributed by atoms with van der Waals surface area (Å²) in [4.78, 5) is 11.1. The lowest BCUT2D eigenvalue weighted by Gasteiger charge is -1.99. The molecule has 0 radical (unpaired) electrons. The van der Waals surface area contributed by atoms with Crippen LogP contribution >= 0.6 is 0 Å². The number of allylic oxidation sites excluding steroid dienone is 1. The summed E-state index contributed by atoms with van der Waals surface area (Å²) in [5.41, 5.74) is 3.36. The van der Waals surface area contributed by atoms with Gasteiger partial charge in [0.15, 0.2) is 0 Å². The smallest absolute Gasteiger partial charge is 0.330 e. The highest BCUT2D eigenvalue weighted by molar-refractivity contribution is 5.81. The summed E-state index contributed by atoms with van der Waals surface area (Å²) in [5, 5.41) is 4.37. The van der Waals surface area contributed by atoms with Crippen molar-refractivity contribution in [3.8, 4) is 0 Å². The topological polar surface area (TPSA) is 44.1 Å². The maximum atomic E-state index is 11.1. The van der Waals surface area contributed by atoms with Gasteiger partial charge >= 0.3 is 5.97 Å². The van der Waals surface area contributed by atoms with E-state index < -0.39 is 0 Å². The molecule has 16 heavy (non-hydrogen) atoms. The summed E-state index contributed by atoms with van der Waals surface area (Å²) in [6.45, 7) is 8.84. The van der Waals surface area contributed by atoms with Gasteiger partial charge in [-0.15, -0.1) is 0 Å². The number of carbonyl (C=O) groups excluding carboxylic acids is 1. The van der Waals surface area contributed by atoms with E-state index in [0.717, 1.165) is 11.4 Å². The number of hydrogen-bond donors (Lipinski definition) is 0. The highest BCUT2D eigenvalue weighted by atomic mass is 16.5. The first kappa shape index (κ1) is 12.5. The largest absolute Gasteiger partial charge is 0.463 e. The van der Waals surface area contributed by atoms with Gasteiger partial charge < -0.3 is 4.74 Å². The van der Waals surface area contributed by atoms with E-state index >= 15 is 0 Å². The van der Waals surface area contributed by atoms with Crippen molar-refractivity contribution in [2.75, 3.05) is 6.61 Å². The van der Waals surface area contributed by atoms with Gasteiger partial charge in [-0.3, -0.25) is 4.68 Å². The van der Waals surface area contributed by atoms with Gasteiger partial charge in [0.1, 0.15) is 0 Å². The van der Waals surface area contributed by atoms with Crippen molar-refractivity contribution >= 4 is 5.97 Å². The van der Waals surface area contributed by atoms with Gasteiger partial charge in [-0.05, 0) is 33.3 Å². The fraction of sp³-hybridized carbons (Fsp3) is 0.500. The van der Waals surface area contributed by atoms with Crippen LogP contribution in [0.1, 0.15) is 23.9 Å². The molecule has 0 aliphatic rings. The highest BCUT2D eigenvalue weighted by Gasteiger charge is 2.05. The monoisotopic (exact) mass is 222 g/mol. The number of aromatic nitrogens is 2. The standard InChI is InChI=1S/C12H18N2O2/c1-5-16-12(15)7-6-8-14-11(4)9(2)10(3)13-14/h6-7H,5,8H2,1-4H3/b7-6+. The number of nitrogens with zero attached hydrogens (tertiary/aromatic N) is 2. The van der Waals surface area contributed by atoms with Gasteiger partial charge in [0.25, 0.3) is 0 Å². The number of hydrogen-bond acceptors (Lipinski definition) is 3. The van der Waals surface area contributed by atoms with E-state index in [9.17, 15) is 4.79 Å². The minimum absolute atomic E-state index is 0.305. The van der Waals surface area contributed by atoms with Crippen LogP contribution in [-0.4, -0.2) is 22.4 Å². The number of carbonyl (C=O) groups is 1. The Balaban J connectivity index is 2.61. The van der Waals surface area contributed by atoms with Gasteiger partial charge in [0.2, 0.25) is 0 Å². The molecular weight excluding hydrogens is 204 g/mol. The molecule has 0 unspecified atom stereocenters. The van der Waals surface area contributed by atoms with Crippen molar-refractivity contribution in [2.24, 2.45) is 0 Å². The Labute approximate surface area is 95.9 Å². The van der Waals surface area contributed by atoms with Gasteiger partial charge in [-0.25, -0.2) is 4.79 Å². The fourth-order valence-electron chi connectivity index (χ4n) is 1.40. The molecule has 0 atom stereocenters. The molecule has 88 valence electrons. The first-order valence-electron chi connectivity index (χ1n) is 5.40. The van der Waals surface area contributed by atoms with Crippen LogP contribution in [0.2, 0.25) is 0 Å². The molecule has 0 aromatic carbocycles. The lowest BCUT2D eigenvalue weighted by molar-refractivity contribution is -0.137. The average molecular weight is 222 g/mol. The molecule has 1 heterocycles. The van der Waals surface area contributed by atoms with Gasteiger partial charge in [-0.2, -0.15) is 5.10 Å². The lowest BCUT2D eigenvalue weighted by Crippen LogP contribution is -2.03. The van der Waals surface area contributed by atoms with Crippen LogP contribution in [0.15, 0.2) is 12.2 Å². The van der Waals surface area contributed by atoms with Crippen molar-refractivity contribution in [1.82, 2.24) is 9.78 Å². The molecule has 4 nitrogen and oxygen atoms in total. The second-order valence-corrected chi connectivity index (χ2v) is 3.63. The summed E-state index contributed by atoms with van der Waals surface area (Å²) in [5.74, 6) is -0.305. The number of aryl methyl sites for hydroxylation is 1. The molecular formula is C12H18N2O2. The quantitative estimate of drug-likeness (QED) is 0.577. The molecule has 1 aromatic rings. The number of ether oxygens (including phenoxy) is 1. The van der Waals surface area contributed by atoms with Crippen LogP contribution in [-0.2, 0) is 16.1 Å². The van der Waals surface area contributed by atoms with Crippen molar-refractivity contribution in [3.63, 3.8) is 0 Å². The summed E-state index contributed by atoms with van der Waals surface area (Å²) in [7, 11) is 0. The lowest BCUT2D eigenvalue weighted by atomic mass is 10.2. The average Bonchev–Trinajstić information content (AvgIpc) is 2.47. The van der Waals surface area contributed by atoms with Crippen molar-refractivity contribution in [3.05, 3.63) is 29.1 Å². The molecule has 4 heteroatoms. The Morgan fingerprint density at radius 3 is 2.62 bits per heavy atom. The van der Waals surface area contributed by atoms with Crippen LogP contribution in [0.25, 0.3) is 0 Å². The second kappa shape index (κ2) is 5.49. The molecule has 0 amide bonds. The van der Waals surface area contributed by atoms with Crippen molar-refractivity contribution in [1.29, 1.82) is 0 Å². The zero-order valence-corrected chi connectivity index (χ0v) is 10.3. The Kier molecular flexibility index (Phi) is 4.28. The number of esters is 1. The van der Waals surface area contributed by atoms with Crippen LogP contribution in [0.4, 0.5) is 0 Å².